The summed E-state index contributed by atoms with van der Waals surface area (Å²) >= 11 is 0. The number of nitrogens with zero attached hydrogens (tertiary/aromatic N) is 1. The Labute approximate surface area is 132 Å². The Morgan fingerprint density at radius 3 is 2.41 bits per heavy atom. The van der Waals surface area contributed by atoms with Crippen molar-refractivity contribution in [3.05, 3.63) is 0 Å². The molecule has 0 rings (SSSR count). The van der Waals surface area contributed by atoms with E-state index in [2.05, 4.69) is 10.1 Å². The van der Waals surface area contributed by atoms with Gasteiger partial charge in [-0.15, -0.1) is 0 Å². The molecule has 22 heavy (non-hydrogen) atoms. The molecule has 0 aliphatic rings. The third-order valence-electron chi connectivity index (χ3n) is 2.43. The van der Waals surface area contributed by atoms with Crippen molar-refractivity contribution in [1.29, 1.82) is 5.26 Å². The molecule has 0 radical (unpaired) electrons. The highest BCUT2D eigenvalue weighted by atomic mass is 16.6. The molecule has 0 saturated heterocycles. The van der Waals surface area contributed by atoms with E-state index in [4.69, 9.17) is 17.8 Å². The number of hydrogen-bond acceptors (Lipinski definition) is 7. The molecule has 2 N–H and O–H groups in total. The van der Waals surface area contributed by atoms with Crippen molar-refractivity contribution in [2.45, 2.75) is 45.2 Å². The first-order valence-electron chi connectivity index (χ1n) is 7.50. The van der Waals surface area contributed by atoms with Crippen LogP contribution < -0.4 is 5.32 Å². The van der Waals surface area contributed by atoms with E-state index in [1.165, 1.54) is 6.07 Å². The summed E-state index contributed by atoms with van der Waals surface area (Å²) in [5.41, 5.74) is -0.841. The zero-order valence-electron chi connectivity index (χ0n) is 15.0. The lowest BCUT2D eigenvalue weighted by molar-refractivity contribution is -0.143. The van der Waals surface area contributed by atoms with Crippen LogP contribution in [0.2, 0.25) is 0 Å². The summed E-state index contributed by atoms with van der Waals surface area (Å²) in [4.78, 5) is 35.3. The van der Waals surface area contributed by atoms with Crippen molar-refractivity contribution in [3.8, 4) is 6.07 Å². The van der Waals surface area contributed by atoms with Gasteiger partial charge in [-0.1, -0.05) is 0 Å². The highest BCUT2D eigenvalue weighted by Gasteiger charge is 2.30. The molecule has 8 nitrogen and oxygen atoms in total. The van der Waals surface area contributed by atoms with E-state index >= 15 is 0 Å². The van der Waals surface area contributed by atoms with Crippen molar-refractivity contribution >= 4 is 17.8 Å². The fourth-order valence-electron chi connectivity index (χ4n) is 1.50. The van der Waals surface area contributed by atoms with Crippen molar-refractivity contribution in [3.63, 3.8) is 0 Å². The van der Waals surface area contributed by atoms with Crippen LogP contribution in [0.5, 0.6) is 0 Å². The van der Waals surface area contributed by atoms with Gasteiger partial charge in [0.25, 0.3) is 0 Å². The van der Waals surface area contributed by atoms with E-state index in [0.29, 0.717) is 0 Å². The van der Waals surface area contributed by atoms with Gasteiger partial charge in [0.2, 0.25) is 0 Å². The molecule has 0 spiro atoms. The van der Waals surface area contributed by atoms with Crippen LogP contribution in [0.1, 0.15) is 36.3 Å². The molecule has 0 heterocycles. The zero-order valence-corrected chi connectivity index (χ0v) is 13.0. The number of ketones is 1. The number of nitriles is 1. The molecular weight excluding hydrogens is 292 g/mol. The van der Waals surface area contributed by atoms with Gasteiger partial charge in [0.1, 0.15) is 18.2 Å². The van der Waals surface area contributed by atoms with Crippen LogP contribution in [0.15, 0.2) is 0 Å². The number of carbonyl (C=O) groups excluding carboxylic acids is 3. The van der Waals surface area contributed by atoms with Crippen molar-refractivity contribution < 1.29 is 31.7 Å². The minimum absolute atomic E-state index is 0.564. The summed E-state index contributed by atoms with van der Waals surface area (Å²) < 4.78 is 24.6. The lowest BCUT2D eigenvalue weighted by Crippen LogP contribution is -2.45. The number of ether oxygens (including phenoxy) is 2. The normalized spacial score (nSPS) is 15.5. The molecule has 0 fully saturated rings. The predicted molar refractivity (Wildman–Crippen MR) is 75.6 cm³/mol. The number of aliphatic hydroxyl groups excluding tert-OH is 1. The number of amides is 1. The maximum atomic E-state index is 11.8. The van der Waals surface area contributed by atoms with Gasteiger partial charge in [-0.05, 0) is 27.2 Å². The molecule has 0 unspecified atom stereocenters. The minimum atomic E-state index is -2.64. The fourth-order valence-corrected chi connectivity index (χ4v) is 1.50. The second-order valence-electron chi connectivity index (χ2n) is 5.39. The third kappa shape index (κ3) is 7.59. The molecule has 0 saturated carbocycles. The summed E-state index contributed by atoms with van der Waals surface area (Å²) in [5.74, 6) is -3.54. The smallest absolute Gasteiger partial charge is 0.408 e. The summed E-state index contributed by atoms with van der Waals surface area (Å²) in [6, 6.07) is -0.107. The molecule has 124 valence electrons. The second-order valence-corrected chi connectivity index (χ2v) is 5.39. The second kappa shape index (κ2) is 9.00. The largest absolute Gasteiger partial charge is 0.467 e. The number of alkyl carbamates (subject to hydrolysis) is 1. The number of aliphatic hydroxyl groups is 1. The average molecular weight is 316 g/mol. The first-order chi connectivity index (χ1) is 10.9. The number of rotatable bonds is 7. The number of Topliss-reactive ketones (excluding diaryl/α,β-unsaturated/α-hetero) is 1. The van der Waals surface area contributed by atoms with Crippen LogP contribution in [0, 0.1) is 17.2 Å². The Kier molecular flexibility index (Phi) is 6.64. The van der Waals surface area contributed by atoms with Crippen LogP contribution in [-0.4, -0.2) is 48.3 Å². The number of nitrogens with one attached hydrogen (secondary N) is 1. The predicted octanol–water partition coefficient (Wildman–Crippen LogP) is 0.534. The Bertz CT molecular complexity index is 524. The van der Waals surface area contributed by atoms with Crippen LogP contribution in [-0.2, 0) is 19.1 Å². The first-order valence-corrected chi connectivity index (χ1v) is 6.50. The molecule has 0 aliphatic heterocycles. The van der Waals surface area contributed by atoms with Gasteiger partial charge >= 0.3 is 12.1 Å². The van der Waals surface area contributed by atoms with E-state index in [9.17, 15) is 14.4 Å². The average Bonchev–Trinajstić information content (AvgIpc) is 2.47. The molecule has 0 bridgehead atoms. The van der Waals surface area contributed by atoms with E-state index in [1.807, 2.05) is 0 Å². The van der Waals surface area contributed by atoms with Gasteiger partial charge in [-0.25, -0.2) is 9.59 Å². The summed E-state index contributed by atoms with van der Waals surface area (Å²) in [7, 11) is 1.05. The van der Waals surface area contributed by atoms with Gasteiger partial charge in [0, 0.05) is 15.0 Å². The number of hydrogen-bond donors (Lipinski definition) is 2. The summed E-state index contributed by atoms with van der Waals surface area (Å²) in [5, 5.41) is 20.0. The van der Waals surface area contributed by atoms with E-state index in [0.717, 1.165) is 7.11 Å². The summed E-state index contributed by atoms with van der Waals surface area (Å²) in [6.45, 7) is 3.80. The van der Waals surface area contributed by atoms with Crippen LogP contribution in [0.4, 0.5) is 4.79 Å². The lowest BCUT2D eigenvalue weighted by atomic mass is 9.93. The SMILES string of the molecule is [2H]C([2H])(C#N)[C@@H](C[C@H](NC(=O)OC(C)(C)C)C(=O)OC)C(=O)CO. The lowest BCUT2D eigenvalue weighted by Gasteiger charge is -2.24. The highest BCUT2D eigenvalue weighted by Crippen LogP contribution is 2.15. The van der Waals surface area contributed by atoms with Crippen molar-refractivity contribution in [2.24, 2.45) is 5.92 Å². The van der Waals surface area contributed by atoms with Crippen LogP contribution in [0.3, 0.4) is 0 Å². The number of methoxy groups -OCH3 is 1. The first kappa shape index (κ1) is 16.2. The minimum Gasteiger partial charge on any atom is -0.467 e. The zero-order chi connectivity index (χ0) is 19.1. The van der Waals surface area contributed by atoms with Crippen LogP contribution in [0.25, 0.3) is 0 Å². The molecule has 1 amide bonds. The van der Waals surface area contributed by atoms with E-state index in [-0.39, 0.29) is 0 Å². The van der Waals surface area contributed by atoms with Gasteiger partial charge in [0.15, 0.2) is 5.78 Å². The van der Waals surface area contributed by atoms with E-state index in [1.54, 1.807) is 20.8 Å². The Hall–Kier alpha value is -2.14. The number of carbonyl (C=O) groups is 3. The quantitative estimate of drug-likeness (QED) is 0.656. The molecule has 0 aromatic carbocycles. The molecule has 0 aromatic rings. The van der Waals surface area contributed by atoms with Crippen molar-refractivity contribution in [2.75, 3.05) is 13.7 Å². The van der Waals surface area contributed by atoms with Gasteiger partial charge in [0.05, 0.1) is 13.2 Å². The molecule has 8 heteroatoms. The standard InChI is InChI=1S/C14H22N2O6/c1-14(2,3)22-13(20)16-10(12(19)21-4)7-9(5-6-15)11(18)8-17/h9-10,17H,5,7-8H2,1-4H3,(H,16,20)/t9-,10-/m0/s1/i5D2. The third-order valence-corrected chi connectivity index (χ3v) is 2.43. The monoisotopic (exact) mass is 316 g/mol. The van der Waals surface area contributed by atoms with E-state index < -0.39 is 54.8 Å². The molecule has 2 atom stereocenters. The maximum absolute atomic E-state index is 11.8. The molecule has 0 aromatic heterocycles. The van der Waals surface area contributed by atoms with Gasteiger partial charge in [-0.3, -0.25) is 4.79 Å². The highest BCUT2D eigenvalue weighted by molar-refractivity contribution is 5.85. The summed E-state index contributed by atoms with van der Waals surface area (Å²) in [6.07, 6.45) is -4.17. The number of esters is 1. The molecular formula is C14H22N2O6. The topological polar surface area (TPSA) is 126 Å². The Morgan fingerprint density at radius 1 is 1.41 bits per heavy atom. The van der Waals surface area contributed by atoms with Crippen LogP contribution >= 0.6 is 0 Å². The van der Waals surface area contributed by atoms with Crippen molar-refractivity contribution in [1.82, 2.24) is 5.32 Å². The van der Waals surface area contributed by atoms with Gasteiger partial charge < -0.3 is 19.9 Å². The van der Waals surface area contributed by atoms with Gasteiger partial charge in [-0.2, -0.15) is 5.26 Å². The Balaban J connectivity index is 5.38. The molecule has 0 aliphatic carbocycles. The Morgan fingerprint density at radius 2 is 2.00 bits per heavy atom. The fraction of sp³-hybridized carbons (Fsp3) is 0.714. The maximum Gasteiger partial charge on any atom is 0.408 e.